The van der Waals surface area contributed by atoms with Crippen LogP contribution in [-0.4, -0.2) is 21.3 Å². The van der Waals surface area contributed by atoms with Crippen LogP contribution in [0, 0.1) is 24.2 Å². The Balaban J connectivity index is 2.28. The van der Waals surface area contributed by atoms with Gasteiger partial charge in [-0.15, -0.1) is 0 Å². The molecule has 0 spiro atoms. The summed E-state index contributed by atoms with van der Waals surface area (Å²) in [5.74, 6) is -0.402. The van der Waals surface area contributed by atoms with E-state index in [-0.39, 0.29) is 11.6 Å². The predicted molar refractivity (Wildman–Crippen MR) is 90.5 cm³/mol. The lowest BCUT2D eigenvalue weighted by Crippen LogP contribution is -2.39. The molecule has 0 aliphatic rings. The van der Waals surface area contributed by atoms with Gasteiger partial charge in [-0.25, -0.2) is 4.98 Å². The highest BCUT2D eigenvalue weighted by Gasteiger charge is 2.19. The zero-order valence-electron chi connectivity index (χ0n) is 13.1. The summed E-state index contributed by atoms with van der Waals surface area (Å²) in [7, 11) is 0. The summed E-state index contributed by atoms with van der Waals surface area (Å²) in [5.41, 5.74) is 7.74. The number of amides is 1. The quantitative estimate of drug-likeness (QED) is 0.748. The first-order valence-electron chi connectivity index (χ1n) is 7.07. The molecule has 4 N–H and O–H groups in total. The first-order valence-corrected chi connectivity index (χ1v) is 7.84. The third kappa shape index (κ3) is 4.17. The fraction of sp³-hybridized carbons (Fsp3) is 0.333. The first kappa shape index (κ1) is 16.7. The SMILES string of the molecule is Cc1cc(Nc2cc(NC(C(N)=O)C(C)C)cnc2C#N)sn1. The molecule has 2 aromatic rings. The molecule has 2 heterocycles. The first-order chi connectivity index (χ1) is 10.9. The molecule has 0 radical (unpaired) electrons. The number of nitrogens with zero attached hydrogens (tertiary/aromatic N) is 3. The Bertz CT molecular complexity index is 749. The highest BCUT2D eigenvalue weighted by molar-refractivity contribution is 7.10. The average Bonchev–Trinajstić information content (AvgIpc) is 2.89. The Morgan fingerprint density at radius 1 is 1.43 bits per heavy atom. The zero-order chi connectivity index (χ0) is 17.0. The number of rotatable bonds is 6. The minimum atomic E-state index is -0.511. The van der Waals surface area contributed by atoms with E-state index in [4.69, 9.17) is 5.73 Å². The van der Waals surface area contributed by atoms with E-state index < -0.39 is 11.9 Å². The second-order valence-electron chi connectivity index (χ2n) is 5.46. The average molecular weight is 330 g/mol. The van der Waals surface area contributed by atoms with Crippen molar-refractivity contribution >= 4 is 33.8 Å². The standard InChI is InChI=1S/C15H18N6OS/c1-8(2)14(15(17)22)19-10-5-11(12(6-16)18-7-10)20-13-4-9(3)21-23-13/h4-5,7-8,14,19-20H,1-3H3,(H2,17,22). The number of nitriles is 1. The molecule has 0 fully saturated rings. The molecule has 2 rings (SSSR count). The number of carbonyl (C=O) groups excluding carboxylic acids is 1. The molecule has 1 atom stereocenters. The predicted octanol–water partition coefficient (Wildman–Crippen LogP) is 2.38. The summed E-state index contributed by atoms with van der Waals surface area (Å²) >= 11 is 1.30. The molecule has 0 aromatic carbocycles. The number of nitrogens with one attached hydrogen (secondary N) is 2. The van der Waals surface area contributed by atoms with E-state index in [1.54, 1.807) is 6.07 Å². The number of aromatic nitrogens is 2. The second-order valence-corrected chi connectivity index (χ2v) is 6.26. The molecule has 2 aromatic heterocycles. The van der Waals surface area contributed by atoms with Crippen molar-refractivity contribution in [3.63, 3.8) is 0 Å². The Morgan fingerprint density at radius 3 is 2.70 bits per heavy atom. The van der Waals surface area contributed by atoms with Gasteiger partial charge in [0.15, 0.2) is 5.69 Å². The lowest BCUT2D eigenvalue weighted by molar-refractivity contribution is -0.119. The second kappa shape index (κ2) is 7.07. The van der Waals surface area contributed by atoms with Crippen LogP contribution in [0.3, 0.4) is 0 Å². The summed E-state index contributed by atoms with van der Waals surface area (Å²) < 4.78 is 4.18. The van der Waals surface area contributed by atoms with Crippen molar-refractivity contribution in [1.29, 1.82) is 5.26 Å². The fourth-order valence-corrected chi connectivity index (χ4v) is 2.70. The molecule has 1 amide bonds. The van der Waals surface area contributed by atoms with E-state index in [0.29, 0.717) is 11.4 Å². The molecule has 0 saturated heterocycles. The molecule has 0 aliphatic carbocycles. The van der Waals surface area contributed by atoms with E-state index in [0.717, 1.165) is 10.7 Å². The van der Waals surface area contributed by atoms with Crippen molar-refractivity contribution in [3.8, 4) is 6.07 Å². The number of hydrogen-bond donors (Lipinski definition) is 3. The Hall–Kier alpha value is -2.66. The van der Waals surface area contributed by atoms with Crippen molar-refractivity contribution in [3.05, 3.63) is 29.7 Å². The van der Waals surface area contributed by atoms with Gasteiger partial charge >= 0.3 is 0 Å². The summed E-state index contributed by atoms with van der Waals surface area (Å²) in [5, 5.41) is 16.2. The van der Waals surface area contributed by atoms with Gasteiger partial charge in [-0.2, -0.15) is 9.64 Å². The maximum Gasteiger partial charge on any atom is 0.240 e. The summed E-state index contributed by atoms with van der Waals surface area (Å²) in [6.07, 6.45) is 1.51. The topological polar surface area (TPSA) is 117 Å². The van der Waals surface area contributed by atoms with Gasteiger partial charge in [-0.3, -0.25) is 4.79 Å². The van der Waals surface area contributed by atoms with E-state index in [1.807, 2.05) is 32.9 Å². The molecule has 8 heteroatoms. The van der Waals surface area contributed by atoms with Gasteiger partial charge in [0.1, 0.15) is 17.1 Å². The molecule has 120 valence electrons. The Kier molecular flexibility index (Phi) is 5.13. The van der Waals surface area contributed by atoms with Gasteiger partial charge in [0.05, 0.1) is 23.3 Å². The van der Waals surface area contributed by atoms with Crippen molar-refractivity contribution in [2.45, 2.75) is 26.8 Å². The third-order valence-electron chi connectivity index (χ3n) is 3.17. The maximum absolute atomic E-state index is 11.5. The number of pyridine rings is 1. The van der Waals surface area contributed by atoms with Crippen LogP contribution in [0.1, 0.15) is 25.2 Å². The van der Waals surface area contributed by atoms with Crippen LogP contribution in [0.2, 0.25) is 0 Å². The molecular formula is C15H18N6OS. The smallest absolute Gasteiger partial charge is 0.240 e. The van der Waals surface area contributed by atoms with Crippen LogP contribution in [0.25, 0.3) is 0 Å². The number of hydrogen-bond acceptors (Lipinski definition) is 7. The van der Waals surface area contributed by atoms with Crippen molar-refractivity contribution in [2.24, 2.45) is 11.7 Å². The number of aryl methyl sites for hydroxylation is 1. The van der Waals surface area contributed by atoms with Gasteiger partial charge < -0.3 is 16.4 Å². The fourth-order valence-electron chi connectivity index (χ4n) is 2.03. The van der Waals surface area contributed by atoms with E-state index in [1.165, 1.54) is 17.7 Å². The maximum atomic E-state index is 11.5. The highest BCUT2D eigenvalue weighted by atomic mass is 32.1. The van der Waals surface area contributed by atoms with Crippen LogP contribution < -0.4 is 16.4 Å². The molecular weight excluding hydrogens is 312 g/mol. The minimum Gasteiger partial charge on any atom is -0.372 e. The van der Waals surface area contributed by atoms with E-state index in [2.05, 4.69) is 20.0 Å². The molecule has 1 unspecified atom stereocenters. The van der Waals surface area contributed by atoms with Gasteiger partial charge in [0, 0.05) is 0 Å². The van der Waals surface area contributed by atoms with Gasteiger partial charge in [0.2, 0.25) is 5.91 Å². The summed E-state index contributed by atoms with van der Waals surface area (Å²) in [4.78, 5) is 15.6. The molecule has 7 nitrogen and oxygen atoms in total. The van der Waals surface area contributed by atoms with Gasteiger partial charge in [0.25, 0.3) is 0 Å². The van der Waals surface area contributed by atoms with Gasteiger partial charge in [-0.05, 0) is 36.5 Å². The van der Waals surface area contributed by atoms with E-state index >= 15 is 0 Å². The molecule has 0 bridgehead atoms. The number of carbonyl (C=O) groups is 1. The van der Waals surface area contributed by atoms with Crippen LogP contribution in [-0.2, 0) is 4.79 Å². The monoisotopic (exact) mass is 330 g/mol. The van der Waals surface area contributed by atoms with E-state index in [9.17, 15) is 10.1 Å². The van der Waals surface area contributed by atoms with Crippen molar-refractivity contribution < 1.29 is 4.79 Å². The molecule has 0 aliphatic heterocycles. The largest absolute Gasteiger partial charge is 0.372 e. The lowest BCUT2D eigenvalue weighted by atomic mass is 10.0. The number of nitrogens with two attached hydrogens (primary N) is 1. The highest BCUT2D eigenvalue weighted by Crippen LogP contribution is 2.26. The van der Waals surface area contributed by atoms with Gasteiger partial charge in [-0.1, -0.05) is 13.8 Å². The lowest BCUT2D eigenvalue weighted by Gasteiger charge is -2.20. The van der Waals surface area contributed by atoms with Crippen molar-refractivity contribution in [1.82, 2.24) is 9.36 Å². The summed E-state index contributed by atoms with van der Waals surface area (Å²) in [6, 6.07) is 5.15. The Labute approximate surface area is 138 Å². The zero-order valence-corrected chi connectivity index (χ0v) is 13.9. The Morgan fingerprint density at radius 2 is 2.17 bits per heavy atom. The molecule has 0 saturated carbocycles. The normalized spacial score (nSPS) is 11.8. The molecule has 23 heavy (non-hydrogen) atoms. The van der Waals surface area contributed by atoms with Crippen LogP contribution in [0.5, 0.6) is 0 Å². The van der Waals surface area contributed by atoms with Crippen LogP contribution in [0.15, 0.2) is 18.3 Å². The minimum absolute atomic E-state index is 0.0312. The third-order valence-corrected chi connectivity index (χ3v) is 3.97. The van der Waals surface area contributed by atoms with Crippen LogP contribution >= 0.6 is 11.5 Å². The van der Waals surface area contributed by atoms with Crippen LogP contribution in [0.4, 0.5) is 16.4 Å². The number of primary amides is 1. The number of anilines is 3. The van der Waals surface area contributed by atoms with Crippen molar-refractivity contribution in [2.75, 3.05) is 10.6 Å². The summed E-state index contributed by atoms with van der Waals surface area (Å²) in [6.45, 7) is 5.70.